The molecule has 5 nitrogen and oxygen atoms in total. The van der Waals surface area contributed by atoms with Crippen molar-refractivity contribution in [3.05, 3.63) is 59.0 Å². The molecule has 0 amide bonds. The molecule has 5 heteroatoms. The van der Waals surface area contributed by atoms with Crippen molar-refractivity contribution in [1.82, 2.24) is 4.57 Å². The van der Waals surface area contributed by atoms with Gasteiger partial charge >= 0.3 is 0 Å². The molecule has 0 saturated carbocycles. The smallest absolute Gasteiger partial charge is 0.252 e. The first-order valence-electron chi connectivity index (χ1n) is 6.32. The number of ether oxygens (including phenoxy) is 2. The van der Waals surface area contributed by atoms with E-state index in [-0.39, 0.29) is 11.8 Å². The lowest BCUT2D eigenvalue weighted by atomic mass is 10.3. The van der Waals surface area contributed by atoms with Crippen LogP contribution in [0, 0.1) is 0 Å². The Hall–Kier alpha value is -2.27. The van der Waals surface area contributed by atoms with E-state index in [1.807, 2.05) is 24.3 Å². The number of aromatic nitrogens is 1. The maximum Gasteiger partial charge on any atom is 0.252 e. The third-order valence-corrected chi connectivity index (χ3v) is 3.00. The Kier molecular flexibility index (Phi) is 4.79. The minimum absolute atomic E-state index is 0.0871. The molecule has 106 valence electrons. The summed E-state index contributed by atoms with van der Waals surface area (Å²) in [5.74, 6) is 0.804. The van der Waals surface area contributed by atoms with Crippen molar-refractivity contribution in [3.63, 3.8) is 0 Å². The van der Waals surface area contributed by atoms with Crippen molar-refractivity contribution in [2.45, 2.75) is 6.23 Å². The lowest BCUT2D eigenvalue weighted by molar-refractivity contribution is 0.0523. The Bertz CT molecular complexity index is 593. The Balaban J connectivity index is 2.04. The number of benzene rings is 1. The van der Waals surface area contributed by atoms with Crippen LogP contribution in [0.4, 0.5) is 5.69 Å². The number of pyridine rings is 1. The number of anilines is 1. The Morgan fingerprint density at radius 2 is 1.90 bits per heavy atom. The molecule has 0 aliphatic rings. The third-order valence-electron chi connectivity index (χ3n) is 3.00. The minimum atomic E-state index is -0.356. The summed E-state index contributed by atoms with van der Waals surface area (Å²) in [7, 11) is 3.21. The van der Waals surface area contributed by atoms with E-state index in [2.05, 4.69) is 5.32 Å². The van der Waals surface area contributed by atoms with Crippen molar-refractivity contribution in [2.24, 2.45) is 0 Å². The van der Waals surface area contributed by atoms with Crippen LogP contribution in [0.15, 0.2) is 53.5 Å². The predicted molar refractivity (Wildman–Crippen MR) is 78.2 cm³/mol. The van der Waals surface area contributed by atoms with Crippen LogP contribution in [0.3, 0.4) is 0 Å². The summed E-state index contributed by atoms with van der Waals surface area (Å²) >= 11 is 0. The quantitative estimate of drug-likeness (QED) is 0.876. The van der Waals surface area contributed by atoms with Gasteiger partial charge in [0.15, 0.2) is 6.23 Å². The third kappa shape index (κ3) is 3.39. The second kappa shape index (κ2) is 6.77. The fourth-order valence-corrected chi connectivity index (χ4v) is 1.89. The average molecular weight is 274 g/mol. The molecule has 20 heavy (non-hydrogen) atoms. The molecule has 2 rings (SSSR count). The number of nitrogens with one attached hydrogen (secondary N) is 1. The Morgan fingerprint density at radius 3 is 2.50 bits per heavy atom. The molecule has 1 N–H and O–H groups in total. The van der Waals surface area contributed by atoms with Gasteiger partial charge in [0, 0.05) is 25.1 Å². The number of methoxy groups -OCH3 is 2. The van der Waals surface area contributed by atoms with Crippen LogP contribution >= 0.6 is 0 Å². The molecule has 0 aliphatic heterocycles. The molecule has 1 heterocycles. The van der Waals surface area contributed by atoms with Crippen molar-refractivity contribution < 1.29 is 9.47 Å². The first-order chi connectivity index (χ1) is 9.74. The predicted octanol–water partition coefficient (Wildman–Crippen LogP) is 2.11. The second-order valence-corrected chi connectivity index (χ2v) is 4.25. The number of rotatable bonds is 6. The maximum absolute atomic E-state index is 11.8. The molecule has 1 aromatic heterocycles. The normalized spacial score (nSPS) is 11.9. The summed E-state index contributed by atoms with van der Waals surface area (Å²) in [6.07, 6.45) is 1.36. The zero-order chi connectivity index (χ0) is 14.4. The van der Waals surface area contributed by atoms with Gasteiger partial charge in [-0.2, -0.15) is 0 Å². The molecule has 0 aliphatic carbocycles. The molecule has 2 aromatic rings. The summed E-state index contributed by atoms with van der Waals surface area (Å²) in [5.41, 5.74) is 0.854. The first kappa shape index (κ1) is 14.1. The number of hydrogen-bond acceptors (Lipinski definition) is 4. The topological polar surface area (TPSA) is 52.5 Å². The summed E-state index contributed by atoms with van der Waals surface area (Å²) in [6, 6.07) is 12.6. The van der Waals surface area contributed by atoms with Crippen LogP contribution in [-0.4, -0.2) is 25.3 Å². The van der Waals surface area contributed by atoms with Crippen LogP contribution in [-0.2, 0) is 4.74 Å². The summed E-state index contributed by atoms with van der Waals surface area (Å²) in [6.45, 7) is 0.493. The van der Waals surface area contributed by atoms with Crippen LogP contribution in [0.25, 0.3) is 0 Å². The second-order valence-electron chi connectivity index (χ2n) is 4.25. The van der Waals surface area contributed by atoms with Gasteiger partial charge in [0.2, 0.25) is 0 Å². The van der Waals surface area contributed by atoms with Gasteiger partial charge in [0.1, 0.15) is 5.75 Å². The van der Waals surface area contributed by atoms with Crippen molar-refractivity contribution >= 4 is 5.69 Å². The lowest BCUT2D eigenvalue weighted by Gasteiger charge is -2.19. The van der Waals surface area contributed by atoms with Gasteiger partial charge in [0.25, 0.3) is 5.56 Å². The van der Waals surface area contributed by atoms with E-state index < -0.39 is 0 Å². The zero-order valence-corrected chi connectivity index (χ0v) is 11.6. The van der Waals surface area contributed by atoms with E-state index in [0.717, 1.165) is 11.4 Å². The van der Waals surface area contributed by atoms with Crippen LogP contribution in [0.5, 0.6) is 5.75 Å². The van der Waals surface area contributed by atoms with Gasteiger partial charge in [0.05, 0.1) is 13.7 Å². The summed E-state index contributed by atoms with van der Waals surface area (Å²) in [5, 5.41) is 3.23. The van der Waals surface area contributed by atoms with Gasteiger partial charge in [-0.3, -0.25) is 9.36 Å². The van der Waals surface area contributed by atoms with Gasteiger partial charge in [-0.15, -0.1) is 0 Å². The highest BCUT2D eigenvalue weighted by Crippen LogP contribution is 2.16. The summed E-state index contributed by atoms with van der Waals surface area (Å²) < 4.78 is 12.0. The molecule has 0 radical (unpaired) electrons. The molecule has 0 spiro atoms. The fraction of sp³-hybridized carbons (Fsp3) is 0.267. The minimum Gasteiger partial charge on any atom is -0.497 e. The van der Waals surface area contributed by atoms with E-state index in [4.69, 9.17) is 9.47 Å². The monoisotopic (exact) mass is 274 g/mol. The van der Waals surface area contributed by atoms with Crippen molar-refractivity contribution in [2.75, 3.05) is 26.1 Å². The van der Waals surface area contributed by atoms with Gasteiger partial charge < -0.3 is 14.8 Å². The fourth-order valence-electron chi connectivity index (χ4n) is 1.89. The van der Waals surface area contributed by atoms with Gasteiger partial charge in [-0.05, 0) is 30.3 Å². The molecular formula is C15H18N2O3. The van der Waals surface area contributed by atoms with E-state index in [1.165, 1.54) is 6.07 Å². The first-order valence-corrected chi connectivity index (χ1v) is 6.32. The lowest BCUT2D eigenvalue weighted by Crippen LogP contribution is -2.29. The van der Waals surface area contributed by atoms with E-state index >= 15 is 0 Å². The average Bonchev–Trinajstić information content (AvgIpc) is 2.50. The number of nitrogens with zero attached hydrogens (tertiary/aromatic N) is 1. The molecule has 1 atom stereocenters. The van der Waals surface area contributed by atoms with Crippen LogP contribution in [0.2, 0.25) is 0 Å². The highest BCUT2D eigenvalue weighted by Gasteiger charge is 2.10. The Morgan fingerprint density at radius 1 is 1.15 bits per heavy atom. The standard InChI is InChI=1S/C15H18N2O3/c1-19-13-8-6-12(7-9-13)16-11-15(20-2)17-10-4-3-5-14(17)18/h3-10,15-16H,11H2,1-2H3. The molecule has 1 aromatic carbocycles. The van der Waals surface area contributed by atoms with Crippen molar-refractivity contribution in [1.29, 1.82) is 0 Å². The highest BCUT2D eigenvalue weighted by atomic mass is 16.5. The molecule has 1 unspecified atom stereocenters. The SMILES string of the molecule is COc1ccc(NCC(OC)n2ccccc2=O)cc1. The number of hydrogen-bond donors (Lipinski definition) is 1. The van der Waals surface area contributed by atoms with E-state index in [9.17, 15) is 4.79 Å². The van der Waals surface area contributed by atoms with Gasteiger partial charge in [-0.1, -0.05) is 6.07 Å². The molecular weight excluding hydrogens is 256 g/mol. The van der Waals surface area contributed by atoms with E-state index in [0.29, 0.717) is 6.54 Å². The van der Waals surface area contributed by atoms with Crippen LogP contribution in [0.1, 0.15) is 6.23 Å². The molecule has 0 fully saturated rings. The largest absolute Gasteiger partial charge is 0.497 e. The van der Waals surface area contributed by atoms with E-state index in [1.54, 1.807) is 37.1 Å². The van der Waals surface area contributed by atoms with Gasteiger partial charge in [-0.25, -0.2) is 0 Å². The van der Waals surface area contributed by atoms with Crippen LogP contribution < -0.4 is 15.6 Å². The Labute approximate surface area is 117 Å². The maximum atomic E-state index is 11.8. The molecule has 0 bridgehead atoms. The zero-order valence-electron chi connectivity index (χ0n) is 11.6. The highest BCUT2D eigenvalue weighted by molar-refractivity contribution is 5.46. The van der Waals surface area contributed by atoms with Crippen molar-refractivity contribution in [3.8, 4) is 5.75 Å². The molecule has 0 saturated heterocycles. The summed E-state index contributed by atoms with van der Waals surface area (Å²) in [4.78, 5) is 11.8.